The predicted molar refractivity (Wildman–Crippen MR) is 79.6 cm³/mol. The zero-order chi connectivity index (χ0) is 13.8. The number of rotatable bonds is 3. The number of nitrogens with zero attached hydrogens (tertiary/aromatic N) is 2. The van der Waals surface area contributed by atoms with Crippen LogP contribution in [0.4, 0.5) is 0 Å². The Labute approximate surface area is 123 Å². The van der Waals surface area contributed by atoms with Gasteiger partial charge >= 0.3 is 0 Å². The van der Waals surface area contributed by atoms with E-state index in [0.29, 0.717) is 22.9 Å². The van der Waals surface area contributed by atoms with Gasteiger partial charge in [0.05, 0.1) is 10.8 Å². The van der Waals surface area contributed by atoms with Crippen molar-refractivity contribution in [3.8, 4) is 0 Å². The first-order valence-electron chi connectivity index (χ1n) is 6.64. The SMILES string of the molecule is CC1CCCC(C)N1C(=O)CSc1ncccc1Cl. The molecule has 5 heteroatoms. The highest BCUT2D eigenvalue weighted by atomic mass is 35.5. The monoisotopic (exact) mass is 298 g/mol. The molecule has 1 aromatic rings. The van der Waals surface area contributed by atoms with Gasteiger partial charge < -0.3 is 4.90 Å². The number of likely N-dealkylation sites (tertiary alicyclic amines) is 1. The minimum Gasteiger partial charge on any atom is -0.337 e. The molecule has 2 unspecified atom stereocenters. The molecular formula is C14H19ClN2OS. The lowest BCUT2D eigenvalue weighted by molar-refractivity contribution is -0.134. The average Bonchev–Trinajstić information content (AvgIpc) is 2.37. The topological polar surface area (TPSA) is 33.2 Å². The molecule has 1 aliphatic rings. The summed E-state index contributed by atoms with van der Waals surface area (Å²) >= 11 is 7.46. The summed E-state index contributed by atoms with van der Waals surface area (Å²) in [6.45, 7) is 4.26. The Morgan fingerprint density at radius 1 is 1.47 bits per heavy atom. The highest BCUT2D eigenvalue weighted by Gasteiger charge is 2.28. The molecule has 2 rings (SSSR count). The first kappa shape index (κ1) is 14.7. The van der Waals surface area contributed by atoms with E-state index >= 15 is 0 Å². The van der Waals surface area contributed by atoms with Gasteiger partial charge in [0, 0.05) is 18.3 Å². The molecule has 1 amide bonds. The van der Waals surface area contributed by atoms with Crippen molar-refractivity contribution in [2.24, 2.45) is 0 Å². The van der Waals surface area contributed by atoms with Crippen LogP contribution < -0.4 is 0 Å². The summed E-state index contributed by atoms with van der Waals surface area (Å²) in [5.74, 6) is 0.595. The number of amides is 1. The standard InChI is InChI=1S/C14H19ClN2OS/c1-10-5-3-6-11(2)17(10)13(18)9-19-14-12(15)7-4-8-16-14/h4,7-8,10-11H,3,5-6,9H2,1-2H3. The molecule has 1 fully saturated rings. The van der Waals surface area contributed by atoms with Gasteiger partial charge in [-0.2, -0.15) is 0 Å². The van der Waals surface area contributed by atoms with Gasteiger partial charge in [0.1, 0.15) is 5.03 Å². The normalized spacial score (nSPS) is 23.4. The Morgan fingerprint density at radius 2 is 2.16 bits per heavy atom. The van der Waals surface area contributed by atoms with E-state index in [4.69, 9.17) is 11.6 Å². The third kappa shape index (κ3) is 3.63. The van der Waals surface area contributed by atoms with E-state index in [1.54, 1.807) is 18.3 Å². The first-order chi connectivity index (χ1) is 9.09. The molecule has 0 saturated carbocycles. The number of hydrogen-bond acceptors (Lipinski definition) is 3. The van der Waals surface area contributed by atoms with Crippen molar-refractivity contribution in [3.05, 3.63) is 23.4 Å². The molecule has 1 aromatic heterocycles. The van der Waals surface area contributed by atoms with E-state index in [1.807, 2.05) is 4.90 Å². The zero-order valence-electron chi connectivity index (χ0n) is 11.3. The summed E-state index contributed by atoms with van der Waals surface area (Å²) in [5, 5.41) is 1.34. The van der Waals surface area contributed by atoms with Crippen molar-refractivity contribution in [1.29, 1.82) is 0 Å². The third-order valence-corrected chi connectivity index (χ3v) is 4.95. The van der Waals surface area contributed by atoms with Gasteiger partial charge in [-0.15, -0.1) is 0 Å². The van der Waals surface area contributed by atoms with E-state index in [0.717, 1.165) is 17.9 Å². The maximum Gasteiger partial charge on any atom is 0.233 e. The summed E-state index contributed by atoms with van der Waals surface area (Å²) < 4.78 is 0. The van der Waals surface area contributed by atoms with E-state index < -0.39 is 0 Å². The number of aromatic nitrogens is 1. The summed E-state index contributed by atoms with van der Waals surface area (Å²) in [6.07, 6.45) is 5.12. The number of piperidine rings is 1. The van der Waals surface area contributed by atoms with Crippen LogP contribution in [0.2, 0.25) is 5.02 Å². The summed E-state index contributed by atoms with van der Waals surface area (Å²) in [6, 6.07) is 4.28. The molecule has 1 saturated heterocycles. The van der Waals surface area contributed by atoms with E-state index in [2.05, 4.69) is 18.8 Å². The van der Waals surface area contributed by atoms with Gasteiger partial charge in [-0.05, 0) is 45.2 Å². The molecule has 1 aliphatic heterocycles. The van der Waals surface area contributed by atoms with E-state index in [-0.39, 0.29) is 5.91 Å². The maximum atomic E-state index is 12.3. The summed E-state index contributed by atoms with van der Waals surface area (Å²) in [5.41, 5.74) is 0. The fourth-order valence-corrected chi connectivity index (χ4v) is 3.63. The van der Waals surface area contributed by atoms with Crippen molar-refractivity contribution in [3.63, 3.8) is 0 Å². The van der Waals surface area contributed by atoms with Gasteiger partial charge in [0.2, 0.25) is 5.91 Å². The lowest BCUT2D eigenvalue weighted by Crippen LogP contribution is -2.48. The van der Waals surface area contributed by atoms with Crippen molar-refractivity contribution in [2.75, 3.05) is 5.75 Å². The maximum absolute atomic E-state index is 12.3. The fourth-order valence-electron chi connectivity index (χ4n) is 2.59. The van der Waals surface area contributed by atoms with Crippen LogP contribution in [0, 0.1) is 0 Å². The Hall–Kier alpha value is -0.740. The molecule has 0 aromatic carbocycles. The van der Waals surface area contributed by atoms with Gasteiger partial charge in [-0.3, -0.25) is 4.79 Å². The van der Waals surface area contributed by atoms with Crippen LogP contribution in [-0.2, 0) is 4.79 Å². The minimum atomic E-state index is 0.186. The quantitative estimate of drug-likeness (QED) is 0.799. The van der Waals surface area contributed by atoms with Crippen molar-refractivity contribution >= 4 is 29.3 Å². The predicted octanol–water partition coefficient (Wildman–Crippen LogP) is 3.62. The molecule has 2 atom stereocenters. The molecular weight excluding hydrogens is 280 g/mol. The smallest absolute Gasteiger partial charge is 0.233 e. The number of halogens is 1. The summed E-state index contributed by atoms with van der Waals surface area (Å²) in [7, 11) is 0. The van der Waals surface area contributed by atoms with Gasteiger partial charge in [0.15, 0.2) is 0 Å². The van der Waals surface area contributed by atoms with Crippen LogP contribution >= 0.6 is 23.4 Å². The summed E-state index contributed by atoms with van der Waals surface area (Å²) in [4.78, 5) is 18.6. The molecule has 0 aliphatic carbocycles. The van der Waals surface area contributed by atoms with Crippen molar-refractivity contribution < 1.29 is 4.79 Å². The van der Waals surface area contributed by atoms with Gasteiger partial charge in [-0.25, -0.2) is 4.98 Å². The highest BCUT2D eigenvalue weighted by molar-refractivity contribution is 8.00. The lowest BCUT2D eigenvalue weighted by atomic mass is 9.98. The minimum absolute atomic E-state index is 0.186. The Kier molecular flexibility index (Phi) is 5.11. The van der Waals surface area contributed by atoms with Crippen LogP contribution in [-0.4, -0.2) is 33.6 Å². The average molecular weight is 299 g/mol. The Bertz CT molecular complexity index is 445. The van der Waals surface area contributed by atoms with Crippen molar-refractivity contribution in [1.82, 2.24) is 9.88 Å². The van der Waals surface area contributed by atoms with E-state index in [1.165, 1.54) is 18.2 Å². The van der Waals surface area contributed by atoms with Gasteiger partial charge in [0.25, 0.3) is 0 Å². The Balaban J connectivity index is 1.95. The number of pyridine rings is 1. The number of carbonyl (C=O) groups excluding carboxylic acids is 1. The number of carbonyl (C=O) groups is 1. The van der Waals surface area contributed by atoms with Crippen LogP contribution in [0.5, 0.6) is 0 Å². The number of hydrogen-bond donors (Lipinski definition) is 0. The number of thioether (sulfide) groups is 1. The second-order valence-electron chi connectivity index (χ2n) is 5.01. The zero-order valence-corrected chi connectivity index (χ0v) is 12.9. The molecule has 0 bridgehead atoms. The molecule has 104 valence electrons. The van der Waals surface area contributed by atoms with Crippen LogP contribution in [0.3, 0.4) is 0 Å². The van der Waals surface area contributed by atoms with Crippen molar-refractivity contribution in [2.45, 2.75) is 50.2 Å². The van der Waals surface area contributed by atoms with E-state index in [9.17, 15) is 4.79 Å². The largest absolute Gasteiger partial charge is 0.337 e. The molecule has 3 nitrogen and oxygen atoms in total. The fraction of sp³-hybridized carbons (Fsp3) is 0.571. The second-order valence-corrected chi connectivity index (χ2v) is 6.38. The first-order valence-corrected chi connectivity index (χ1v) is 8.00. The molecule has 0 spiro atoms. The van der Waals surface area contributed by atoms with Crippen LogP contribution in [0.1, 0.15) is 33.1 Å². The second kappa shape index (κ2) is 6.62. The highest BCUT2D eigenvalue weighted by Crippen LogP contribution is 2.27. The molecule has 2 heterocycles. The Morgan fingerprint density at radius 3 is 2.79 bits per heavy atom. The third-order valence-electron chi connectivity index (χ3n) is 3.54. The lowest BCUT2D eigenvalue weighted by Gasteiger charge is -2.39. The molecule has 0 N–H and O–H groups in total. The molecule has 19 heavy (non-hydrogen) atoms. The molecule has 0 radical (unpaired) electrons. The van der Waals surface area contributed by atoms with Crippen LogP contribution in [0.25, 0.3) is 0 Å². The van der Waals surface area contributed by atoms with Crippen LogP contribution in [0.15, 0.2) is 23.4 Å². The van der Waals surface area contributed by atoms with Gasteiger partial charge in [-0.1, -0.05) is 23.4 Å².